The van der Waals surface area contributed by atoms with Crippen LogP contribution >= 0.6 is 11.6 Å². The Morgan fingerprint density at radius 1 is 1.25 bits per heavy atom. The predicted molar refractivity (Wildman–Crippen MR) is 112 cm³/mol. The van der Waals surface area contributed by atoms with Crippen LogP contribution in [-0.4, -0.2) is 29.9 Å². The lowest BCUT2D eigenvalue weighted by molar-refractivity contribution is -0.126. The number of fused-ring (bicyclic) bond motifs is 1. The first-order chi connectivity index (χ1) is 13.5. The molecule has 0 bridgehead atoms. The van der Waals surface area contributed by atoms with Gasteiger partial charge in [0.2, 0.25) is 11.8 Å². The van der Waals surface area contributed by atoms with E-state index in [9.17, 15) is 9.59 Å². The number of rotatable bonds is 5. The lowest BCUT2D eigenvalue weighted by Crippen LogP contribution is -2.34. The van der Waals surface area contributed by atoms with Gasteiger partial charge in [-0.05, 0) is 55.3 Å². The number of aromatic nitrogens is 1. The van der Waals surface area contributed by atoms with Crippen molar-refractivity contribution in [1.29, 1.82) is 0 Å². The number of aromatic amines is 1. The second-order valence-electron chi connectivity index (χ2n) is 7.29. The van der Waals surface area contributed by atoms with Crippen LogP contribution < -0.4 is 10.2 Å². The van der Waals surface area contributed by atoms with E-state index in [1.807, 2.05) is 6.20 Å². The third kappa shape index (κ3) is 3.76. The van der Waals surface area contributed by atoms with E-state index in [0.29, 0.717) is 18.1 Å². The van der Waals surface area contributed by atoms with Crippen molar-refractivity contribution in [2.24, 2.45) is 5.92 Å². The summed E-state index contributed by atoms with van der Waals surface area (Å²) < 4.78 is 0. The van der Waals surface area contributed by atoms with Gasteiger partial charge in [0, 0.05) is 47.3 Å². The molecule has 0 spiro atoms. The minimum absolute atomic E-state index is 0.0328. The van der Waals surface area contributed by atoms with Crippen molar-refractivity contribution in [1.82, 2.24) is 10.3 Å². The van der Waals surface area contributed by atoms with E-state index in [-0.39, 0.29) is 24.2 Å². The molecule has 4 rings (SSSR count). The number of anilines is 1. The largest absolute Gasteiger partial charge is 0.361 e. The molecule has 0 saturated carbocycles. The van der Waals surface area contributed by atoms with Gasteiger partial charge < -0.3 is 15.2 Å². The Balaban J connectivity index is 1.34. The average Bonchev–Trinajstić information content (AvgIpc) is 3.26. The Labute approximate surface area is 168 Å². The summed E-state index contributed by atoms with van der Waals surface area (Å²) in [5.74, 6) is -0.427. The van der Waals surface area contributed by atoms with Crippen molar-refractivity contribution in [3.63, 3.8) is 0 Å². The molecule has 0 unspecified atom stereocenters. The fourth-order valence-electron chi connectivity index (χ4n) is 3.72. The molecule has 1 atom stereocenters. The van der Waals surface area contributed by atoms with Gasteiger partial charge in [0.25, 0.3) is 0 Å². The van der Waals surface area contributed by atoms with Gasteiger partial charge >= 0.3 is 0 Å². The molecule has 144 valence electrons. The minimum atomic E-state index is -0.326. The number of benzene rings is 2. The Morgan fingerprint density at radius 2 is 2.04 bits per heavy atom. The van der Waals surface area contributed by atoms with E-state index in [2.05, 4.69) is 35.4 Å². The second kappa shape index (κ2) is 7.68. The van der Waals surface area contributed by atoms with Gasteiger partial charge in [-0.25, -0.2) is 0 Å². The molecule has 2 amide bonds. The molecular formula is C22H22ClN3O2. The molecule has 2 heterocycles. The van der Waals surface area contributed by atoms with Gasteiger partial charge in [0.15, 0.2) is 0 Å². The molecule has 1 fully saturated rings. The number of aryl methyl sites for hydroxylation is 1. The van der Waals surface area contributed by atoms with Crippen LogP contribution in [0.5, 0.6) is 0 Å². The maximum atomic E-state index is 12.5. The average molecular weight is 396 g/mol. The highest BCUT2D eigenvalue weighted by Crippen LogP contribution is 2.26. The van der Waals surface area contributed by atoms with E-state index in [1.165, 1.54) is 16.5 Å². The number of hydrogen-bond acceptors (Lipinski definition) is 2. The Morgan fingerprint density at radius 3 is 2.82 bits per heavy atom. The summed E-state index contributed by atoms with van der Waals surface area (Å²) in [6.07, 6.45) is 2.98. The van der Waals surface area contributed by atoms with Gasteiger partial charge in [-0.3, -0.25) is 9.59 Å². The molecule has 28 heavy (non-hydrogen) atoms. The first kappa shape index (κ1) is 18.6. The quantitative estimate of drug-likeness (QED) is 0.689. The number of nitrogens with one attached hydrogen (secondary N) is 2. The van der Waals surface area contributed by atoms with E-state index < -0.39 is 0 Å². The Kier molecular flexibility index (Phi) is 5.09. The van der Waals surface area contributed by atoms with Gasteiger partial charge in [-0.2, -0.15) is 0 Å². The van der Waals surface area contributed by atoms with Crippen molar-refractivity contribution in [2.45, 2.75) is 19.8 Å². The van der Waals surface area contributed by atoms with Crippen molar-refractivity contribution >= 4 is 40.0 Å². The molecule has 2 aromatic carbocycles. The van der Waals surface area contributed by atoms with E-state index in [4.69, 9.17) is 11.6 Å². The highest BCUT2D eigenvalue weighted by atomic mass is 35.5. The van der Waals surface area contributed by atoms with Crippen LogP contribution in [0.1, 0.15) is 17.5 Å². The minimum Gasteiger partial charge on any atom is -0.361 e. The standard InChI is InChI=1S/C22H22ClN3O2/c1-14-2-7-20-19(10-14)15(12-25-20)8-9-24-22(28)16-11-21(27)26(13-16)18-5-3-17(23)4-6-18/h2-7,10,12,16,25H,8-9,11,13H2,1H3,(H,24,28)/t16-/m1/s1. The second-order valence-corrected chi connectivity index (χ2v) is 7.72. The zero-order valence-electron chi connectivity index (χ0n) is 15.7. The lowest BCUT2D eigenvalue weighted by atomic mass is 10.1. The molecule has 6 heteroatoms. The van der Waals surface area contributed by atoms with Crippen molar-refractivity contribution < 1.29 is 9.59 Å². The summed E-state index contributed by atoms with van der Waals surface area (Å²) in [6, 6.07) is 13.4. The summed E-state index contributed by atoms with van der Waals surface area (Å²) in [6.45, 7) is 3.02. The number of H-pyrrole nitrogens is 1. The van der Waals surface area contributed by atoms with Crippen LogP contribution in [0.15, 0.2) is 48.7 Å². The molecule has 1 aliphatic rings. The third-order valence-corrected chi connectivity index (χ3v) is 5.50. The molecule has 1 saturated heterocycles. The summed E-state index contributed by atoms with van der Waals surface area (Å²) in [7, 11) is 0. The number of hydrogen-bond donors (Lipinski definition) is 2. The molecule has 3 aromatic rings. The van der Waals surface area contributed by atoms with Crippen molar-refractivity contribution in [3.8, 4) is 0 Å². The molecule has 2 N–H and O–H groups in total. The van der Waals surface area contributed by atoms with Gasteiger partial charge in [-0.15, -0.1) is 0 Å². The molecule has 1 aromatic heterocycles. The van der Waals surface area contributed by atoms with Crippen LogP contribution in [0.3, 0.4) is 0 Å². The SMILES string of the molecule is Cc1ccc2[nH]cc(CCNC(=O)[C@@H]3CC(=O)N(c4ccc(Cl)cc4)C3)c2c1. The fourth-order valence-corrected chi connectivity index (χ4v) is 3.84. The zero-order chi connectivity index (χ0) is 19.7. The van der Waals surface area contributed by atoms with Gasteiger partial charge in [0.1, 0.15) is 0 Å². The summed E-state index contributed by atoms with van der Waals surface area (Å²) in [5.41, 5.74) is 4.28. The maximum absolute atomic E-state index is 12.5. The first-order valence-corrected chi connectivity index (χ1v) is 9.79. The Hall–Kier alpha value is -2.79. The van der Waals surface area contributed by atoms with Crippen LogP contribution in [0.4, 0.5) is 5.69 Å². The summed E-state index contributed by atoms with van der Waals surface area (Å²) >= 11 is 5.91. The highest BCUT2D eigenvalue weighted by molar-refractivity contribution is 6.30. The first-order valence-electron chi connectivity index (χ1n) is 9.41. The summed E-state index contributed by atoms with van der Waals surface area (Å²) in [5, 5.41) is 4.81. The topological polar surface area (TPSA) is 65.2 Å². The Bertz CT molecular complexity index is 1030. The van der Waals surface area contributed by atoms with E-state index in [0.717, 1.165) is 17.6 Å². The molecule has 0 radical (unpaired) electrons. The number of carbonyl (C=O) groups is 2. The number of halogens is 1. The van der Waals surface area contributed by atoms with Crippen molar-refractivity contribution in [2.75, 3.05) is 18.0 Å². The monoisotopic (exact) mass is 395 g/mol. The molecular weight excluding hydrogens is 374 g/mol. The van der Waals surface area contributed by atoms with Crippen molar-refractivity contribution in [3.05, 3.63) is 64.8 Å². The van der Waals surface area contributed by atoms with E-state index in [1.54, 1.807) is 29.2 Å². The number of nitrogens with zero attached hydrogens (tertiary/aromatic N) is 1. The smallest absolute Gasteiger partial charge is 0.227 e. The molecule has 0 aliphatic carbocycles. The third-order valence-electron chi connectivity index (χ3n) is 5.25. The zero-order valence-corrected chi connectivity index (χ0v) is 16.4. The van der Waals surface area contributed by atoms with Gasteiger partial charge in [0.05, 0.1) is 5.92 Å². The molecule has 1 aliphatic heterocycles. The van der Waals surface area contributed by atoms with Crippen LogP contribution in [-0.2, 0) is 16.0 Å². The number of amides is 2. The normalized spacial score (nSPS) is 16.7. The summed E-state index contributed by atoms with van der Waals surface area (Å²) in [4.78, 5) is 29.8. The van der Waals surface area contributed by atoms with E-state index >= 15 is 0 Å². The highest BCUT2D eigenvalue weighted by Gasteiger charge is 2.34. The molecule has 5 nitrogen and oxygen atoms in total. The number of carbonyl (C=O) groups excluding carboxylic acids is 2. The van der Waals surface area contributed by atoms with Gasteiger partial charge in [-0.1, -0.05) is 23.2 Å². The lowest BCUT2D eigenvalue weighted by Gasteiger charge is -2.16. The van der Waals surface area contributed by atoms with Crippen LogP contribution in [0.25, 0.3) is 10.9 Å². The fraction of sp³-hybridized carbons (Fsp3) is 0.273. The van der Waals surface area contributed by atoms with Crippen LogP contribution in [0.2, 0.25) is 5.02 Å². The predicted octanol–water partition coefficient (Wildman–Crippen LogP) is 3.84. The maximum Gasteiger partial charge on any atom is 0.227 e. The van der Waals surface area contributed by atoms with Crippen LogP contribution in [0, 0.1) is 12.8 Å².